The van der Waals surface area contributed by atoms with E-state index in [-0.39, 0.29) is 40.9 Å². The summed E-state index contributed by atoms with van der Waals surface area (Å²) in [5.74, 6) is -0.445. The van der Waals surface area contributed by atoms with Gasteiger partial charge in [-0.3, -0.25) is 4.79 Å². The zero-order valence-corrected chi connectivity index (χ0v) is 16.6. The monoisotopic (exact) mass is 418 g/mol. The third-order valence-corrected chi connectivity index (χ3v) is 8.11. The van der Waals surface area contributed by atoms with Crippen molar-refractivity contribution in [2.45, 2.75) is 24.3 Å². The van der Waals surface area contributed by atoms with E-state index in [4.69, 9.17) is 0 Å². The maximum absolute atomic E-state index is 13.2. The molecule has 1 amide bonds. The van der Waals surface area contributed by atoms with Crippen molar-refractivity contribution in [1.29, 1.82) is 0 Å². The Balaban J connectivity index is 1.57. The van der Waals surface area contributed by atoms with Crippen LogP contribution in [0.5, 0.6) is 0 Å². The number of amides is 1. The molecule has 2 saturated heterocycles. The predicted octanol–water partition coefficient (Wildman–Crippen LogP) is 2.67. The summed E-state index contributed by atoms with van der Waals surface area (Å²) >= 11 is 1.35. The Kier molecular flexibility index (Phi) is 5.25. The van der Waals surface area contributed by atoms with Crippen molar-refractivity contribution in [3.8, 4) is 0 Å². The number of benzene rings is 2. The van der Waals surface area contributed by atoms with Crippen LogP contribution in [-0.2, 0) is 27.6 Å². The average molecular weight is 419 g/mol. The number of fused-ring (bicyclic) bond motifs is 1. The third kappa shape index (κ3) is 4.28. The molecule has 2 atom stereocenters. The maximum atomic E-state index is 13.2. The topological polar surface area (TPSA) is 66.8 Å². The number of sulfone groups is 1. The summed E-state index contributed by atoms with van der Waals surface area (Å²) in [6.07, 6.45) is 0.197. The summed E-state index contributed by atoms with van der Waals surface area (Å²) in [7, 11) is -3.10. The van der Waals surface area contributed by atoms with E-state index in [0.717, 1.165) is 11.1 Å². The number of nitrogens with zero attached hydrogens (tertiary/aromatic N) is 2. The fraction of sp³-hybridized carbons (Fsp3) is 0.300. The van der Waals surface area contributed by atoms with Gasteiger partial charge in [0.25, 0.3) is 5.91 Å². The zero-order valence-electron chi connectivity index (χ0n) is 15.0. The van der Waals surface area contributed by atoms with Gasteiger partial charge in [-0.2, -0.15) is 4.99 Å². The van der Waals surface area contributed by atoms with E-state index in [1.165, 1.54) is 23.9 Å². The Morgan fingerprint density at radius 3 is 2.50 bits per heavy atom. The Bertz CT molecular complexity index is 1010. The van der Waals surface area contributed by atoms with Crippen LogP contribution < -0.4 is 0 Å². The quantitative estimate of drug-likeness (QED) is 0.764. The molecule has 0 unspecified atom stereocenters. The normalized spacial score (nSPS) is 24.5. The minimum absolute atomic E-state index is 0.0533. The fourth-order valence-electron chi connectivity index (χ4n) is 3.52. The first-order chi connectivity index (χ1) is 13.4. The number of hydrogen-bond donors (Lipinski definition) is 0. The molecule has 0 saturated carbocycles. The van der Waals surface area contributed by atoms with E-state index in [9.17, 15) is 17.6 Å². The molecule has 0 aliphatic carbocycles. The van der Waals surface area contributed by atoms with Crippen LogP contribution in [0.2, 0.25) is 0 Å². The van der Waals surface area contributed by atoms with Gasteiger partial charge in [0.15, 0.2) is 15.0 Å². The molecule has 2 aromatic carbocycles. The van der Waals surface area contributed by atoms with Crippen LogP contribution in [0.15, 0.2) is 59.6 Å². The van der Waals surface area contributed by atoms with E-state index in [0.29, 0.717) is 11.7 Å². The third-order valence-electron chi connectivity index (χ3n) is 4.86. The first kappa shape index (κ1) is 19.1. The molecule has 2 aliphatic heterocycles. The predicted molar refractivity (Wildman–Crippen MR) is 108 cm³/mol. The molecule has 0 N–H and O–H groups in total. The van der Waals surface area contributed by atoms with Gasteiger partial charge in [0.2, 0.25) is 0 Å². The minimum atomic E-state index is -3.10. The summed E-state index contributed by atoms with van der Waals surface area (Å²) in [5, 5.41) is 0.420. The Hall–Kier alpha value is -2.19. The number of amidine groups is 1. The van der Waals surface area contributed by atoms with E-state index < -0.39 is 9.84 Å². The summed E-state index contributed by atoms with van der Waals surface area (Å²) in [6, 6.07) is 15.2. The van der Waals surface area contributed by atoms with Crippen LogP contribution in [0.3, 0.4) is 0 Å². The van der Waals surface area contributed by atoms with Crippen molar-refractivity contribution >= 4 is 32.7 Å². The molecular weight excluding hydrogens is 399 g/mol. The van der Waals surface area contributed by atoms with Gasteiger partial charge in [-0.25, -0.2) is 12.8 Å². The van der Waals surface area contributed by atoms with Crippen LogP contribution in [-0.4, -0.2) is 47.2 Å². The molecule has 4 rings (SSSR count). The van der Waals surface area contributed by atoms with Crippen molar-refractivity contribution in [1.82, 2.24) is 4.90 Å². The van der Waals surface area contributed by atoms with Crippen LogP contribution in [0.4, 0.5) is 4.39 Å². The minimum Gasteiger partial charge on any atom is -0.342 e. The number of thioether (sulfide) groups is 1. The molecule has 5 nitrogen and oxygen atoms in total. The molecule has 2 aromatic rings. The van der Waals surface area contributed by atoms with Gasteiger partial charge >= 0.3 is 0 Å². The van der Waals surface area contributed by atoms with E-state index in [1.807, 2.05) is 35.2 Å². The molecular formula is C20H19FN2O3S2. The zero-order chi connectivity index (χ0) is 19.7. The van der Waals surface area contributed by atoms with Gasteiger partial charge < -0.3 is 4.90 Å². The summed E-state index contributed by atoms with van der Waals surface area (Å²) in [5.41, 5.74) is 1.72. The Morgan fingerprint density at radius 2 is 1.79 bits per heavy atom. The van der Waals surface area contributed by atoms with Gasteiger partial charge in [0.05, 0.1) is 24.0 Å². The second-order valence-corrected chi connectivity index (χ2v) is 10.4. The molecule has 0 spiro atoms. The summed E-state index contributed by atoms with van der Waals surface area (Å²) in [4.78, 5) is 18.6. The summed E-state index contributed by atoms with van der Waals surface area (Å²) < 4.78 is 37.3. The van der Waals surface area contributed by atoms with E-state index in [1.54, 1.807) is 12.1 Å². The summed E-state index contributed by atoms with van der Waals surface area (Å²) in [6.45, 7) is 0.390. The molecule has 146 valence electrons. The maximum Gasteiger partial charge on any atom is 0.252 e. The highest BCUT2D eigenvalue weighted by Crippen LogP contribution is 2.39. The standard InChI is InChI=1S/C20H19FN2O3S2/c21-16-8-6-15(7-9-16)11-23-17-12-28(25,26)13-18(17)27-20(23)22-19(24)10-14-4-2-1-3-5-14/h1-9,17-18H,10-13H2/t17-,18+/m1/s1. The van der Waals surface area contributed by atoms with E-state index in [2.05, 4.69) is 4.99 Å². The Labute approximate surface area is 167 Å². The lowest BCUT2D eigenvalue weighted by atomic mass is 10.1. The first-order valence-electron chi connectivity index (χ1n) is 8.93. The lowest BCUT2D eigenvalue weighted by Crippen LogP contribution is -2.37. The molecule has 8 heteroatoms. The van der Waals surface area contributed by atoms with Gasteiger partial charge in [0, 0.05) is 11.8 Å². The van der Waals surface area contributed by atoms with Crippen LogP contribution >= 0.6 is 11.8 Å². The van der Waals surface area contributed by atoms with Gasteiger partial charge in [-0.1, -0.05) is 54.2 Å². The molecule has 2 heterocycles. The molecule has 0 bridgehead atoms. The van der Waals surface area contributed by atoms with Gasteiger partial charge in [-0.15, -0.1) is 0 Å². The lowest BCUT2D eigenvalue weighted by Gasteiger charge is -2.24. The molecule has 28 heavy (non-hydrogen) atoms. The smallest absolute Gasteiger partial charge is 0.252 e. The van der Waals surface area contributed by atoms with Crippen molar-refractivity contribution in [2.75, 3.05) is 11.5 Å². The SMILES string of the molecule is O=C(Cc1ccccc1)N=C1S[C@H]2CS(=O)(=O)C[C@H]2N1Cc1ccc(F)cc1. The second-order valence-electron chi connectivity index (χ2n) is 7.01. The molecule has 0 radical (unpaired) electrons. The number of rotatable bonds is 4. The highest BCUT2D eigenvalue weighted by Gasteiger charge is 2.48. The van der Waals surface area contributed by atoms with Crippen molar-refractivity contribution in [3.05, 3.63) is 71.5 Å². The van der Waals surface area contributed by atoms with Crippen molar-refractivity contribution < 1.29 is 17.6 Å². The number of carbonyl (C=O) groups excluding carboxylic acids is 1. The second kappa shape index (κ2) is 7.67. The van der Waals surface area contributed by atoms with E-state index >= 15 is 0 Å². The Morgan fingerprint density at radius 1 is 1.07 bits per heavy atom. The van der Waals surface area contributed by atoms with Crippen molar-refractivity contribution in [2.24, 2.45) is 4.99 Å². The molecule has 0 aromatic heterocycles. The van der Waals surface area contributed by atoms with Gasteiger partial charge in [-0.05, 0) is 23.3 Å². The number of hydrogen-bond acceptors (Lipinski definition) is 4. The van der Waals surface area contributed by atoms with Crippen molar-refractivity contribution in [3.63, 3.8) is 0 Å². The first-order valence-corrected chi connectivity index (χ1v) is 11.6. The van der Waals surface area contributed by atoms with Crippen LogP contribution in [0.1, 0.15) is 11.1 Å². The van der Waals surface area contributed by atoms with Crippen LogP contribution in [0, 0.1) is 5.82 Å². The lowest BCUT2D eigenvalue weighted by molar-refractivity contribution is -0.117. The highest BCUT2D eigenvalue weighted by atomic mass is 32.2. The largest absolute Gasteiger partial charge is 0.342 e. The number of aliphatic imine (C=N–C) groups is 1. The number of carbonyl (C=O) groups is 1. The number of halogens is 1. The van der Waals surface area contributed by atoms with Crippen LogP contribution in [0.25, 0.3) is 0 Å². The van der Waals surface area contributed by atoms with Gasteiger partial charge in [0.1, 0.15) is 5.82 Å². The highest BCUT2D eigenvalue weighted by molar-refractivity contribution is 8.15. The fourth-order valence-corrected chi connectivity index (χ4v) is 7.49. The average Bonchev–Trinajstić information content (AvgIpc) is 3.10. The molecule has 2 fully saturated rings. The molecule has 2 aliphatic rings.